The Morgan fingerprint density at radius 2 is 2.03 bits per heavy atom. The highest BCUT2D eigenvalue weighted by molar-refractivity contribution is 6.31. The second-order valence-electron chi connectivity index (χ2n) is 10.3. The quantitative estimate of drug-likeness (QED) is 0.419. The maximum Gasteiger partial charge on any atom is 0.268 e. The van der Waals surface area contributed by atoms with Crippen molar-refractivity contribution in [1.29, 1.82) is 5.26 Å². The molecule has 4 rings (SSSR count). The Labute approximate surface area is 208 Å². The van der Waals surface area contributed by atoms with E-state index in [1.54, 1.807) is 0 Å². The summed E-state index contributed by atoms with van der Waals surface area (Å²) >= 11 is 5.83. The number of hydrogen-bond donors (Lipinski definition) is 4. The normalized spacial score (nSPS) is 20.7. The summed E-state index contributed by atoms with van der Waals surface area (Å²) < 4.78 is 13.8. The lowest BCUT2D eigenvalue weighted by molar-refractivity contribution is -0.125. The fourth-order valence-electron chi connectivity index (χ4n) is 4.65. The van der Waals surface area contributed by atoms with Crippen LogP contribution in [0, 0.1) is 29.0 Å². The molecule has 1 aliphatic heterocycles. The van der Waals surface area contributed by atoms with Gasteiger partial charge in [0.1, 0.15) is 23.6 Å². The van der Waals surface area contributed by atoms with E-state index in [1.807, 2.05) is 13.8 Å². The van der Waals surface area contributed by atoms with Crippen molar-refractivity contribution in [2.75, 3.05) is 0 Å². The van der Waals surface area contributed by atoms with E-state index < -0.39 is 29.7 Å². The highest BCUT2D eigenvalue weighted by atomic mass is 35.5. The molecule has 1 aromatic carbocycles. The molecule has 0 unspecified atom stereocenters. The van der Waals surface area contributed by atoms with Gasteiger partial charge in [0.2, 0.25) is 11.8 Å². The zero-order valence-corrected chi connectivity index (χ0v) is 20.5. The molecule has 2 fully saturated rings. The van der Waals surface area contributed by atoms with Crippen LogP contribution in [0.1, 0.15) is 62.9 Å². The number of halogens is 2. The van der Waals surface area contributed by atoms with Gasteiger partial charge in [-0.15, -0.1) is 0 Å². The van der Waals surface area contributed by atoms with Crippen LogP contribution >= 0.6 is 11.6 Å². The number of fused-ring (bicyclic) bond motifs is 1. The van der Waals surface area contributed by atoms with E-state index in [4.69, 9.17) is 11.6 Å². The van der Waals surface area contributed by atoms with Crippen molar-refractivity contribution in [3.8, 4) is 6.07 Å². The van der Waals surface area contributed by atoms with Crippen LogP contribution in [0.25, 0.3) is 10.9 Å². The van der Waals surface area contributed by atoms with E-state index >= 15 is 0 Å². The maximum absolute atomic E-state index is 13.8. The van der Waals surface area contributed by atoms with Crippen LogP contribution in [-0.4, -0.2) is 40.3 Å². The van der Waals surface area contributed by atoms with E-state index in [0.717, 1.165) is 19.3 Å². The first-order valence-corrected chi connectivity index (χ1v) is 12.2. The van der Waals surface area contributed by atoms with Gasteiger partial charge >= 0.3 is 0 Å². The van der Waals surface area contributed by atoms with Gasteiger partial charge in [0.15, 0.2) is 0 Å². The fourth-order valence-corrected chi connectivity index (χ4v) is 4.81. The number of rotatable bonds is 9. The number of H-pyrrole nitrogens is 1. The minimum Gasteiger partial charge on any atom is -0.351 e. The van der Waals surface area contributed by atoms with Gasteiger partial charge in [-0.05, 0) is 63.6 Å². The molecule has 8 nitrogen and oxygen atoms in total. The summed E-state index contributed by atoms with van der Waals surface area (Å²) in [5.41, 5.74) is 0.328. The zero-order chi connectivity index (χ0) is 25.3. The van der Waals surface area contributed by atoms with Gasteiger partial charge in [-0.1, -0.05) is 24.4 Å². The first-order chi connectivity index (χ1) is 16.5. The van der Waals surface area contributed by atoms with Gasteiger partial charge in [0, 0.05) is 22.4 Å². The average molecular weight is 502 g/mol. The summed E-state index contributed by atoms with van der Waals surface area (Å²) in [7, 11) is 0. The summed E-state index contributed by atoms with van der Waals surface area (Å²) in [6.45, 7) is 3.83. The zero-order valence-electron chi connectivity index (χ0n) is 19.7. The second kappa shape index (κ2) is 9.86. The van der Waals surface area contributed by atoms with E-state index in [1.165, 1.54) is 18.2 Å². The number of benzene rings is 1. The Bertz CT molecular complexity index is 1160. The van der Waals surface area contributed by atoms with Gasteiger partial charge < -0.3 is 20.9 Å². The van der Waals surface area contributed by atoms with Crippen molar-refractivity contribution in [2.24, 2.45) is 11.8 Å². The molecular weight excluding hydrogens is 473 g/mol. The summed E-state index contributed by atoms with van der Waals surface area (Å²) in [6.07, 6.45) is 4.19. The summed E-state index contributed by atoms with van der Waals surface area (Å²) in [4.78, 5) is 41.2. The second-order valence-corrected chi connectivity index (χ2v) is 10.7. The van der Waals surface area contributed by atoms with Gasteiger partial charge in [0.25, 0.3) is 5.91 Å². The fraction of sp³-hybridized carbons (Fsp3) is 0.520. The molecule has 2 heterocycles. The molecule has 0 bridgehead atoms. The molecule has 4 N–H and O–H groups in total. The smallest absolute Gasteiger partial charge is 0.268 e. The molecule has 1 saturated carbocycles. The van der Waals surface area contributed by atoms with Crippen LogP contribution in [0.4, 0.5) is 4.39 Å². The lowest BCUT2D eigenvalue weighted by Gasteiger charge is -2.21. The number of amides is 3. The molecule has 3 amide bonds. The number of carbonyl (C=O) groups excluding carboxylic acids is 3. The molecule has 186 valence electrons. The summed E-state index contributed by atoms with van der Waals surface area (Å²) in [6, 6.07) is 4.51. The monoisotopic (exact) mass is 501 g/mol. The third-order valence-corrected chi connectivity index (χ3v) is 6.96. The number of hydrogen-bond acceptors (Lipinski definition) is 4. The molecule has 1 saturated heterocycles. The molecule has 35 heavy (non-hydrogen) atoms. The predicted molar refractivity (Wildman–Crippen MR) is 129 cm³/mol. The molecule has 3 atom stereocenters. The standard InChI is InChI=1S/C25H29ClFN5O3/c1-25(2)11-15(22(33)32-25)7-16(12-28)29-23(34)19(6-5-13-3-4-13)31-24(35)21-9-14-8-18(27)17(26)10-20(14)30-21/h8-10,13,15-16,19,30H,3-7,11H2,1-2H3,(H,29,34)(H,31,35)(H,32,33)/t15-,16+,19+/m1/s1. The van der Waals surface area contributed by atoms with Crippen molar-refractivity contribution in [3.05, 3.63) is 34.7 Å². The molecule has 1 aliphatic carbocycles. The Hall–Kier alpha value is -3.12. The topological polar surface area (TPSA) is 127 Å². The number of nitriles is 1. The highest BCUT2D eigenvalue weighted by Gasteiger charge is 2.39. The van der Waals surface area contributed by atoms with E-state index in [-0.39, 0.29) is 34.5 Å². The molecule has 0 spiro atoms. The lowest BCUT2D eigenvalue weighted by Crippen LogP contribution is -2.50. The predicted octanol–water partition coefficient (Wildman–Crippen LogP) is 3.56. The maximum atomic E-state index is 13.8. The molecule has 2 aliphatic rings. The molecule has 10 heteroatoms. The Kier molecular flexibility index (Phi) is 7.04. The Balaban J connectivity index is 1.43. The SMILES string of the molecule is CC1(C)C[C@@H](C[C@@H](C#N)NC(=O)[C@H](CCC2CC2)NC(=O)c2cc3cc(F)c(Cl)cc3[nH]2)C(=O)N1. The van der Waals surface area contributed by atoms with Gasteiger partial charge in [-0.2, -0.15) is 5.26 Å². The molecule has 0 radical (unpaired) electrons. The van der Waals surface area contributed by atoms with Crippen LogP contribution in [0.3, 0.4) is 0 Å². The molecule has 2 aromatic rings. The first-order valence-electron chi connectivity index (χ1n) is 11.9. The molecule has 1 aromatic heterocycles. The summed E-state index contributed by atoms with van der Waals surface area (Å²) in [5.74, 6) is -1.52. The van der Waals surface area contributed by atoms with Gasteiger partial charge in [0.05, 0.1) is 11.1 Å². The first kappa shape index (κ1) is 25.0. The minimum absolute atomic E-state index is 0.0603. The number of aromatic nitrogens is 1. The van der Waals surface area contributed by atoms with Crippen molar-refractivity contribution < 1.29 is 18.8 Å². The van der Waals surface area contributed by atoms with Crippen molar-refractivity contribution >= 4 is 40.2 Å². The van der Waals surface area contributed by atoms with E-state index in [9.17, 15) is 24.0 Å². The lowest BCUT2D eigenvalue weighted by atomic mass is 9.92. The minimum atomic E-state index is -0.856. The van der Waals surface area contributed by atoms with Crippen LogP contribution in [0.5, 0.6) is 0 Å². The number of carbonyl (C=O) groups is 3. The van der Waals surface area contributed by atoms with Crippen LogP contribution in [0.15, 0.2) is 18.2 Å². The van der Waals surface area contributed by atoms with Crippen LogP contribution in [0.2, 0.25) is 5.02 Å². The van der Waals surface area contributed by atoms with Gasteiger partial charge in [-0.25, -0.2) is 4.39 Å². The highest BCUT2D eigenvalue weighted by Crippen LogP contribution is 2.34. The number of nitrogens with zero attached hydrogens (tertiary/aromatic N) is 1. The van der Waals surface area contributed by atoms with Crippen LogP contribution in [-0.2, 0) is 9.59 Å². The van der Waals surface area contributed by atoms with Gasteiger partial charge in [-0.3, -0.25) is 14.4 Å². The summed E-state index contributed by atoms with van der Waals surface area (Å²) in [5, 5.41) is 18.4. The third-order valence-electron chi connectivity index (χ3n) is 6.67. The number of aromatic amines is 1. The molecular formula is C25H29ClFN5O3. The average Bonchev–Trinajstić information content (AvgIpc) is 3.46. The Morgan fingerprint density at radius 1 is 1.29 bits per heavy atom. The van der Waals surface area contributed by atoms with Crippen molar-refractivity contribution in [3.63, 3.8) is 0 Å². The van der Waals surface area contributed by atoms with Crippen molar-refractivity contribution in [1.82, 2.24) is 20.9 Å². The van der Waals surface area contributed by atoms with E-state index in [2.05, 4.69) is 27.0 Å². The third kappa shape index (κ3) is 6.12. The number of nitrogens with one attached hydrogen (secondary N) is 4. The van der Waals surface area contributed by atoms with E-state index in [0.29, 0.717) is 29.7 Å². The van der Waals surface area contributed by atoms with Crippen molar-refractivity contribution in [2.45, 2.75) is 70.0 Å². The largest absolute Gasteiger partial charge is 0.351 e. The van der Waals surface area contributed by atoms with Crippen LogP contribution < -0.4 is 16.0 Å². The Morgan fingerprint density at radius 3 is 2.66 bits per heavy atom.